The normalized spacial score (nSPS) is 22.9. The third-order valence-electron chi connectivity index (χ3n) is 3.70. The Bertz CT molecular complexity index is 596. The molecule has 0 bridgehead atoms. The van der Waals surface area contributed by atoms with Gasteiger partial charge >= 0.3 is 5.97 Å². The second-order valence-electron chi connectivity index (χ2n) is 5.41. The van der Waals surface area contributed by atoms with Crippen molar-refractivity contribution in [3.05, 3.63) is 34.4 Å². The van der Waals surface area contributed by atoms with E-state index in [-0.39, 0.29) is 11.4 Å². The van der Waals surface area contributed by atoms with Gasteiger partial charge in [-0.05, 0) is 11.5 Å². The Morgan fingerprint density at radius 3 is 2.50 bits per heavy atom. The molecule has 0 heterocycles. The summed E-state index contributed by atoms with van der Waals surface area (Å²) in [4.78, 5) is 33.1. The highest BCUT2D eigenvalue weighted by molar-refractivity contribution is 5.99. The summed E-state index contributed by atoms with van der Waals surface area (Å²) < 4.78 is 0. The maximum atomic E-state index is 12.0. The summed E-state index contributed by atoms with van der Waals surface area (Å²) in [6.07, 6.45) is 0. The lowest BCUT2D eigenvalue weighted by atomic mass is 10.1. The smallest absolute Gasteiger partial charge is 0.307 e. The van der Waals surface area contributed by atoms with Gasteiger partial charge in [0.2, 0.25) is 5.91 Å². The molecule has 0 aliphatic heterocycles. The standard InChI is InChI=1S/C13H14N2O5/c1-13(2)9(10(13)12(17)18)11(16)14-7-4-3-5-8(6-7)15(19)20/h3-6,9-10H,1-2H3,(H,14,16)(H,17,18). The summed E-state index contributed by atoms with van der Waals surface area (Å²) in [5.41, 5.74) is -0.444. The van der Waals surface area contributed by atoms with Gasteiger partial charge in [0.05, 0.1) is 16.8 Å². The predicted octanol–water partition coefficient (Wildman–Crippen LogP) is 1.89. The highest BCUT2D eigenvalue weighted by Crippen LogP contribution is 2.58. The van der Waals surface area contributed by atoms with Crippen LogP contribution in [0.25, 0.3) is 0 Å². The highest BCUT2D eigenvalue weighted by Gasteiger charge is 2.65. The Kier molecular flexibility index (Phi) is 3.21. The molecule has 20 heavy (non-hydrogen) atoms. The molecule has 0 radical (unpaired) electrons. The maximum Gasteiger partial charge on any atom is 0.307 e. The molecule has 2 N–H and O–H groups in total. The van der Waals surface area contributed by atoms with Crippen LogP contribution in [0.15, 0.2) is 24.3 Å². The number of carbonyl (C=O) groups is 2. The van der Waals surface area contributed by atoms with Crippen molar-refractivity contribution in [3.8, 4) is 0 Å². The van der Waals surface area contributed by atoms with Crippen LogP contribution in [-0.4, -0.2) is 21.9 Å². The topological polar surface area (TPSA) is 110 Å². The molecule has 1 aliphatic carbocycles. The summed E-state index contributed by atoms with van der Waals surface area (Å²) in [5, 5.41) is 22.2. The molecule has 1 aromatic rings. The minimum absolute atomic E-state index is 0.132. The van der Waals surface area contributed by atoms with E-state index in [4.69, 9.17) is 5.11 Å². The van der Waals surface area contributed by atoms with Gasteiger partial charge in [-0.2, -0.15) is 0 Å². The van der Waals surface area contributed by atoms with Crippen LogP contribution in [0.4, 0.5) is 11.4 Å². The molecule has 0 spiro atoms. The number of hydrogen-bond donors (Lipinski definition) is 2. The van der Waals surface area contributed by atoms with E-state index in [2.05, 4.69) is 5.32 Å². The van der Waals surface area contributed by atoms with Gasteiger partial charge < -0.3 is 10.4 Å². The fourth-order valence-electron chi connectivity index (χ4n) is 2.51. The van der Waals surface area contributed by atoms with E-state index in [1.165, 1.54) is 24.3 Å². The summed E-state index contributed by atoms with van der Waals surface area (Å²) in [6.45, 7) is 3.42. The Labute approximate surface area is 114 Å². The number of aliphatic carboxylic acids is 1. The number of anilines is 1. The number of nitro benzene ring substituents is 1. The second-order valence-corrected chi connectivity index (χ2v) is 5.41. The van der Waals surface area contributed by atoms with Crippen LogP contribution in [0.3, 0.4) is 0 Å². The number of nitrogens with one attached hydrogen (secondary N) is 1. The van der Waals surface area contributed by atoms with E-state index in [9.17, 15) is 19.7 Å². The summed E-state index contributed by atoms with van der Waals surface area (Å²) in [5.74, 6) is -2.78. The Hall–Kier alpha value is -2.44. The second kappa shape index (κ2) is 4.59. The van der Waals surface area contributed by atoms with Crippen molar-refractivity contribution < 1.29 is 19.6 Å². The fourth-order valence-corrected chi connectivity index (χ4v) is 2.51. The van der Waals surface area contributed by atoms with Crippen LogP contribution in [0.2, 0.25) is 0 Å². The third kappa shape index (κ3) is 2.34. The van der Waals surface area contributed by atoms with E-state index in [1.54, 1.807) is 13.8 Å². The monoisotopic (exact) mass is 278 g/mol. The number of non-ortho nitro benzene ring substituents is 1. The molecule has 1 aromatic carbocycles. The zero-order valence-corrected chi connectivity index (χ0v) is 11.0. The van der Waals surface area contributed by atoms with Crippen LogP contribution in [0, 0.1) is 27.4 Å². The molecule has 1 fully saturated rings. The lowest BCUT2D eigenvalue weighted by Gasteiger charge is -2.05. The zero-order valence-electron chi connectivity index (χ0n) is 11.0. The fraction of sp³-hybridized carbons (Fsp3) is 0.385. The van der Waals surface area contributed by atoms with Crippen LogP contribution in [0.1, 0.15) is 13.8 Å². The van der Waals surface area contributed by atoms with Crippen LogP contribution in [-0.2, 0) is 9.59 Å². The van der Waals surface area contributed by atoms with Crippen molar-refractivity contribution in [3.63, 3.8) is 0 Å². The number of nitro groups is 1. The molecule has 106 valence electrons. The van der Waals surface area contributed by atoms with Gasteiger partial charge in [-0.25, -0.2) is 0 Å². The average Bonchev–Trinajstić information content (AvgIpc) is 2.93. The predicted molar refractivity (Wildman–Crippen MR) is 70.1 cm³/mol. The van der Waals surface area contributed by atoms with Gasteiger partial charge in [0.1, 0.15) is 0 Å². The number of amides is 1. The Balaban J connectivity index is 2.12. The molecular weight excluding hydrogens is 264 g/mol. The van der Waals surface area contributed by atoms with Crippen molar-refractivity contribution in [2.75, 3.05) is 5.32 Å². The molecule has 1 amide bonds. The Morgan fingerprint density at radius 2 is 2.00 bits per heavy atom. The summed E-state index contributed by atoms with van der Waals surface area (Å²) in [7, 11) is 0. The quantitative estimate of drug-likeness (QED) is 0.645. The summed E-state index contributed by atoms with van der Waals surface area (Å²) in [6, 6.07) is 5.54. The molecule has 1 saturated carbocycles. The highest BCUT2D eigenvalue weighted by atomic mass is 16.6. The minimum atomic E-state index is -1.01. The number of carbonyl (C=O) groups excluding carboxylic acids is 1. The maximum absolute atomic E-state index is 12.0. The van der Waals surface area contributed by atoms with Gasteiger partial charge in [-0.15, -0.1) is 0 Å². The van der Waals surface area contributed by atoms with Gasteiger partial charge in [-0.1, -0.05) is 19.9 Å². The lowest BCUT2D eigenvalue weighted by Crippen LogP contribution is -2.17. The molecule has 2 unspecified atom stereocenters. The minimum Gasteiger partial charge on any atom is -0.481 e. The molecule has 2 rings (SSSR count). The number of hydrogen-bond acceptors (Lipinski definition) is 4. The van der Waals surface area contributed by atoms with E-state index >= 15 is 0 Å². The van der Waals surface area contributed by atoms with Crippen molar-refractivity contribution >= 4 is 23.3 Å². The van der Waals surface area contributed by atoms with Crippen molar-refractivity contribution in [1.29, 1.82) is 0 Å². The van der Waals surface area contributed by atoms with Gasteiger partial charge in [0, 0.05) is 17.8 Å². The van der Waals surface area contributed by atoms with E-state index < -0.39 is 34.1 Å². The molecule has 7 nitrogen and oxygen atoms in total. The van der Waals surface area contributed by atoms with Gasteiger partial charge in [0.25, 0.3) is 5.69 Å². The third-order valence-corrected chi connectivity index (χ3v) is 3.70. The van der Waals surface area contributed by atoms with E-state index in [0.29, 0.717) is 0 Å². The lowest BCUT2D eigenvalue weighted by molar-refractivity contribution is -0.384. The van der Waals surface area contributed by atoms with Crippen molar-refractivity contribution in [2.45, 2.75) is 13.8 Å². The van der Waals surface area contributed by atoms with E-state index in [1.807, 2.05) is 0 Å². The Morgan fingerprint density at radius 1 is 1.35 bits per heavy atom. The SMILES string of the molecule is CC1(C)C(C(=O)O)C1C(=O)Nc1cccc([N+](=O)[O-])c1. The first-order valence-electron chi connectivity index (χ1n) is 6.03. The number of carboxylic acids is 1. The molecule has 1 aliphatic rings. The van der Waals surface area contributed by atoms with Crippen molar-refractivity contribution in [1.82, 2.24) is 0 Å². The number of benzene rings is 1. The number of nitrogens with zero attached hydrogens (tertiary/aromatic N) is 1. The van der Waals surface area contributed by atoms with Crippen molar-refractivity contribution in [2.24, 2.45) is 17.3 Å². The first-order chi connectivity index (χ1) is 9.25. The van der Waals surface area contributed by atoms with Gasteiger partial charge in [-0.3, -0.25) is 19.7 Å². The molecule has 0 saturated heterocycles. The molecular formula is C13H14N2O5. The molecule has 0 aromatic heterocycles. The van der Waals surface area contributed by atoms with Crippen LogP contribution < -0.4 is 5.32 Å². The number of rotatable bonds is 4. The zero-order chi connectivity index (χ0) is 15.1. The molecule has 2 atom stereocenters. The number of carboxylic acid groups (broad SMARTS) is 1. The van der Waals surface area contributed by atoms with Crippen LogP contribution in [0.5, 0.6) is 0 Å². The van der Waals surface area contributed by atoms with Crippen LogP contribution >= 0.6 is 0 Å². The molecule has 7 heteroatoms. The first-order valence-corrected chi connectivity index (χ1v) is 6.03. The largest absolute Gasteiger partial charge is 0.481 e. The first kappa shape index (κ1) is 14.0. The summed E-state index contributed by atoms with van der Waals surface area (Å²) >= 11 is 0. The van der Waals surface area contributed by atoms with Gasteiger partial charge in [0.15, 0.2) is 0 Å². The van der Waals surface area contributed by atoms with E-state index in [0.717, 1.165) is 0 Å². The average molecular weight is 278 g/mol.